The Kier molecular flexibility index (Phi) is 5.63. The number of rotatable bonds is 7. The highest BCUT2D eigenvalue weighted by Gasteiger charge is 2.21. The number of halogens is 2. The summed E-state index contributed by atoms with van der Waals surface area (Å²) in [5.41, 5.74) is 0.954. The van der Waals surface area contributed by atoms with Gasteiger partial charge in [0.05, 0.1) is 11.5 Å². The van der Waals surface area contributed by atoms with Crippen LogP contribution in [0.1, 0.15) is 21.7 Å². The van der Waals surface area contributed by atoms with E-state index >= 15 is 0 Å². The van der Waals surface area contributed by atoms with Crippen LogP contribution < -0.4 is 10.1 Å². The second-order valence-corrected chi connectivity index (χ2v) is 5.16. The van der Waals surface area contributed by atoms with Crippen LogP contribution in [-0.2, 0) is 6.54 Å². The van der Waals surface area contributed by atoms with Crippen molar-refractivity contribution in [2.24, 2.45) is 0 Å². The van der Waals surface area contributed by atoms with Crippen molar-refractivity contribution in [1.29, 1.82) is 0 Å². The van der Waals surface area contributed by atoms with E-state index in [-0.39, 0.29) is 30.1 Å². The van der Waals surface area contributed by atoms with E-state index in [1.54, 1.807) is 13.8 Å². The minimum atomic E-state index is -2.93. The number of alkyl halides is 2. The average molecular weight is 354 g/mol. The summed E-state index contributed by atoms with van der Waals surface area (Å²) >= 11 is 0. The minimum Gasteiger partial charge on any atom is -0.435 e. The van der Waals surface area contributed by atoms with Crippen molar-refractivity contribution in [3.63, 3.8) is 0 Å². The minimum absolute atomic E-state index is 0.0403. The Hall–Kier alpha value is -3.04. The number of hydrogen-bond donors (Lipinski definition) is 1. The highest BCUT2D eigenvalue weighted by Crippen LogP contribution is 2.21. The molecule has 0 radical (unpaired) electrons. The molecule has 2 aromatic rings. The van der Waals surface area contributed by atoms with Gasteiger partial charge in [0.15, 0.2) is 0 Å². The van der Waals surface area contributed by atoms with Gasteiger partial charge in [-0.05, 0) is 38.1 Å². The summed E-state index contributed by atoms with van der Waals surface area (Å²) in [4.78, 5) is 22.4. The molecule has 0 aliphatic carbocycles. The number of ether oxygens (including phenoxy) is 1. The molecule has 10 heteroatoms. The first-order chi connectivity index (χ1) is 11.8. The smallest absolute Gasteiger partial charge is 0.387 e. The lowest BCUT2D eigenvalue weighted by atomic mass is 10.2. The van der Waals surface area contributed by atoms with Gasteiger partial charge < -0.3 is 10.1 Å². The summed E-state index contributed by atoms with van der Waals surface area (Å²) < 4.78 is 29.8. The fraction of sp³-hybridized carbons (Fsp3) is 0.333. The third-order valence-corrected chi connectivity index (χ3v) is 3.48. The summed E-state index contributed by atoms with van der Waals surface area (Å²) in [7, 11) is 0. The van der Waals surface area contributed by atoms with Crippen LogP contribution in [0.3, 0.4) is 0 Å². The zero-order chi connectivity index (χ0) is 18.6. The molecule has 0 atom stereocenters. The second kappa shape index (κ2) is 7.69. The van der Waals surface area contributed by atoms with Gasteiger partial charge in [-0.1, -0.05) is 0 Å². The molecule has 0 saturated heterocycles. The lowest BCUT2D eigenvalue weighted by Crippen LogP contribution is -2.27. The van der Waals surface area contributed by atoms with E-state index in [4.69, 9.17) is 0 Å². The maximum Gasteiger partial charge on any atom is 0.387 e. The molecule has 2 rings (SSSR count). The van der Waals surface area contributed by atoms with Crippen LogP contribution >= 0.6 is 0 Å². The molecule has 25 heavy (non-hydrogen) atoms. The van der Waals surface area contributed by atoms with Crippen molar-refractivity contribution in [3.8, 4) is 5.75 Å². The first-order valence-corrected chi connectivity index (χ1v) is 7.31. The SMILES string of the molecule is Cc1nn(CCNC(=O)c2ccc(OC(F)F)cc2)c(C)c1[N+](=O)[O-]. The van der Waals surface area contributed by atoms with Gasteiger partial charge in [-0.15, -0.1) is 0 Å². The molecule has 1 N–H and O–H groups in total. The number of hydrogen-bond acceptors (Lipinski definition) is 5. The molecule has 0 bridgehead atoms. The standard InChI is InChI=1S/C15H16F2N4O4/c1-9-13(21(23)24)10(2)20(19-9)8-7-18-14(22)11-3-5-12(6-4-11)25-15(16)17/h3-6,15H,7-8H2,1-2H3,(H,18,22). The number of nitrogens with one attached hydrogen (secondary N) is 1. The van der Waals surface area contributed by atoms with E-state index in [1.807, 2.05) is 0 Å². The maximum atomic E-state index is 12.1. The molecular formula is C15H16F2N4O4. The fourth-order valence-electron chi connectivity index (χ4n) is 2.33. The molecular weight excluding hydrogens is 338 g/mol. The molecule has 1 heterocycles. The predicted octanol–water partition coefficient (Wildman–Crippen LogP) is 2.44. The van der Waals surface area contributed by atoms with E-state index in [9.17, 15) is 23.7 Å². The maximum absolute atomic E-state index is 12.1. The Morgan fingerprint density at radius 2 is 2.00 bits per heavy atom. The summed E-state index contributed by atoms with van der Waals surface area (Å²) in [6.07, 6.45) is 0. The number of carbonyl (C=O) groups excluding carboxylic acids is 1. The van der Waals surface area contributed by atoms with E-state index in [0.29, 0.717) is 11.4 Å². The quantitative estimate of drug-likeness (QED) is 0.608. The van der Waals surface area contributed by atoms with Crippen molar-refractivity contribution in [2.75, 3.05) is 6.54 Å². The average Bonchev–Trinajstić information content (AvgIpc) is 2.81. The first-order valence-electron chi connectivity index (χ1n) is 7.31. The van der Waals surface area contributed by atoms with Crippen LogP contribution in [0.4, 0.5) is 14.5 Å². The third-order valence-electron chi connectivity index (χ3n) is 3.48. The molecule has 1 aromatic carbocycles. The van der Waals surface area contributed by atoms with E-state index in [1.165, 1.54) is 28.9 Å². The summed E-state index contributed by atoms with van der Waals surface area (Å²) in [5.74, 6) is -0.443. The summed E-state index contributed by atoms with van der Waals surface area (Å²) in [6, 6.07) is 5.26. The highest BCUT2D eigenvalue weighted by atomic mass is 19.3. The normalized spacial score (nSPS) is 10.8. The Balaban J connectivity index is 1.92. The monoisotopic (exact) mass is 354 g/mol. The van der Waals surface area contributed by atoms with Crippen molar-refractivity contribution in [1.82, 2.24) is 15.1 Å². The topological polar surface area (TPSA) is 99.3 Å². The summed E-state index contributed by atoms with van der Waals surface area (Å²) in [6.45, 7) is 0.668. The molecule has 0 aliphatic rings. The third kappa shape index (κ3) is 4.49. The number of amides is 1. The second-order valence-electron chi connectivity index (χ2n) is 5.16. The molecule has 0 saturated carbocycles. The van der Waals surface area contributed by atoms with Gasteiger partial charge in [-0.3, -0.25) is 19.6 Å². The Labute approximate surface area is 141 Å². The molecule has 0 unspecified atom stereocenters. The molecule has 0 fully saturated rings. The number of aryl methyl sites for hydroxylation is 1. The predicted molar refractivity (Wildman–Crippen MR) is 83.8 cm³/mol. The first kappa shape index (κ1) is 18.3. The van der Waals surface area contributed by atoms with Crippen LogP contribution in [0.5, 0.6) is 5.75 Å². The molecule has 0 spiro atoms. The van der Waals surface area contributed by atoms with Gasteiger partial charge in [0.2, 0.25) is 0 Å². The van der Waals surface area contributed by atoms with Crippen molar-refractivity contribution in [3.05, 3.63) is 51.3 Å². The Bertz CT molecular complexity index is 775. The molecule has 1 aromatic heterocycles. The number of nitrogens with zero attached hydrogens (tertiary/aromatic N) is 3. The van der Waals surface area contributed by atoms with E-state index in [2.05, 4.69) is 15.2 Å². The van der Waals surface area contributed by atoms with Crippen molar-refractivity contribution in [2.45, 2.75) is 27.0 Å². The van der Waals surface area contributed by atoms with Crippen LogP contribution in [0, 0.1) is 24.0 Å². The Morgan fingerprint density at radius 1 is 1.36 bits per heavy atom. The number of benzene rings is 1. The fourth-order valence-corrected chi connectivity index (χ4v) is 2.33. The van der Waals surface area contributed by atoms with Gasteiger partial charge in [-0.2, -0.15) is 13.9 Å². The molecule has 0 aliphatic heterocycles. The van der Waals surface area contributed by atoms with Gasteiger partial charge in [0.1, 0.15) is 17.1 Å². The van der Waals surface area contributed by atoms with E-state index in [0.717, 1.165) is 0 Å². The molecule has 1 amide bonds. The van der Waals surface area contributed by atoms with E-state index < -0.39 is 17.4 Å². The van der Waals surface area contributed by atoms with Gasteiger partial charge in [0.25, 0.3) is 5.91 Å². The van der Waals surface area contributed by atoms with Crippen molar-refractivity contribution < 1.29 is 23.2 Å². The van der Waals surface area contributed by atoms with Gasteiger partial charge in [-0.25, -0.2) is 0 Å². The molecule has 8 nitrogen and oxygen atoms in total. The number of carbonyl (C=O) groups is 1. The summed E-state index contributed by atoms with van der Waals surface area (Å²) in [5, 5.41) is 17.7. The van der Waals surface area contributed by atoms with Crippen LogP contribution in [-0.4, -0.2) is 33.8 Å². The van der Waals surface area contributed by atoms with Crippen molar-refractivity contribution >= 4 is 11.6 Å². The zero-order valence-electron chi connectivity index (χ0n) is 13.5. The van der Waals surface area contributed by atoms with Gasteiger partial charge >= 0.3 is 12.3 Å². The van der Waals surface area contributed by atoms with Gasteiger partial charge in [0, 0.05) is 12.1 Å². The largest absolute Gasteiger partial charge is 0.435 e. The lowest BCUT2D eigenvalue weighted by Gasteiger charge is -2.08. The van der Waals surface area contributed by atoms with Crippen LogP contribution in [0.15, 0.2) is 24.3 Å². The van der Waals surface area contributed by atoms with Crippen LogP contribution in [0.2, 0.25) is 0 Å². The molecule has 134 valence electrons. The number of nitro groups is 1. The zero-order valence-corrected chi connectivity index (χ0v) is 13.5. The van der Waals surface area contributed by atoms with Crippen LogP contribution in [0.25, 0.3) is 0 Å². The highest BCUT2D eigenvalue weighted by molar-refractivity contribution is 5.94. The number of aromatic nitrogens is 2. The lowest BCUT2D eigenvalue weighted by molar-refractivity contribution is -0.386. The Morgan fingerprint density at radius 3 is 2.52 bits per heavy atom.